The van der Waals surface area contributed by atoms with Crippen LogP contribution < -0.4 is 5.32 Å². The second kappa shape index (κ2) is 5.69. The molecule has 2 aromatic rings. The topological polar surface area (TPSA) is 79.3 Å². The minimum Gasteiger partial charge on any atom is -0.382 e. The van der Waals surface area contributed by atoms with E-state index in [2.05, 4.69) is 10.3 Å². The number of aliphatic hydroxyl groups excluding tert-OH is 1. The SMILES string of the molecule is O=C1CCCC2=C1C(O)c1nc(-c3ccccc3)ccc1C(=O)N2. The van der Waals surface area contributed by atoms with Crippen LogP contribution in [0.15, 0.2) is 53.7 Å². The van der Waals surface area contributed by atoms with Gasteiger partial charge in [0.25, 0.3) is 5.91 Å². The van der Waals surface area contributed by atoms with E-state index < -0.39 is 6.10 Å². The van der Waals surface area contributed by atoms with Crippen LogP contribution in [0.2, 0.25) is 0 Å². The third kappa shape index (κ3) is 2.34. The number of amides is 1. The summed E-state index contributed by atoms with van der Waals surface area (Å²) < 4.78 is 0. The fraction of sp³-hybridized carbons (Fsp3) is 0.211. The van der Waals surface area contributed by atoms with Crippen molar-refractivity contribution in [2.45, 2.75) is 25.4 Å². The van der Waals surface area contributed by atoms with E-state index >= 15 is 0 Å². The summed E-state index contributed by atoms with van der Waals surface area (Å²) in [7, 11) is 0. The molecule has 0 fully saturated rings. The first kappa shape index (κ1) is 14.8. The molecule has 0 saturated heterocycles. The molecule has 1 aromatic heterocycles. The van der Waals surface area contributed by atoms with Gasteiger partial charge in [-0.2, -0.15) is 0 Å². The minimum absolute atomic E-state index is 0.121. The van der Waals surface area contributed by atoms with Crippen molar-refractivity contribution in [3.63, 3.8) is 0 Å². The predicted molar refractivity (Wildman–Crippen MR) is 88.0 cm³/mol. The first-order chi connectivity index (χ1) is 11.6. The van der Waals surface area contributed by atoms with Crippen molar-refractivity contribution in [3.8, 4) is 11.3 Å². The lowest BCUT2D eigenvalue weighted by Gasteiger charge is -2.20. The number of nitrogens with zero attached hydrogens (tertiary/aromatic N) is 1. The Hall–Kier alpha value is -2.79. The molecule has 0 bridgehead atoms. The van der Waals surface area contributed by atoms with Crippen LogP contribution in [0.3, 0.4) is 0 Å². The summed E-state index contributed by atoms with van der Waals surface area (Å²) in [6.45, 7) is 0. The number of hydrogen-bond donors (Lipinski definition) is 2. The Morgan fingerprint density at radius 1 is 1.04 bits per heavy atom. The molecule has 1 aromatic carbocycles. The zero-order valence-corrected chi connectivity index (χ0v) is 13.0. The number of pyridine rings is 1. The third-order valence-electron chi connectivity index (χ3n) is 4.49. The van der Waals surface area contributed by atoms with Crippen LogP contribution in [-0.4, -0.2) is 21.8 Å². The number of allylic oxidation sites excluding steroid dienone is 1. The maximum atomic E-state index is 12.5. The molecule has 0 spiro atoms. The molecule has 1 aliphatic heterocycles. The van der Waals surface area contributed by atoms with Gasteiger partial charge in [0, 0.05) is 23.3 Å². The molecular formula is C19H16N2O3. The largest absolute Gasteiger partial charge is 0.382 e. The fourth-order valence-electron chi connectivity index (χ4n) is 3.30. The zero-order valence-electron chi connectivity index (χ0n) is 13.0. The van der Waals surface area contributed by atoms with Crippen LogP contribution in [-0.2, 0) is 4.79 Å². The molecule has 2 N–H and O–H groups in total. The quantitative estimate of drug-likeness (QED) is 0.846. The first-order valence-corrected chi connectivity index (χ1v) is 7.97. The summed E-state index contributed by atoms with van der Waals surface area (Å²) >= 11 is 0. The number of aromatic nitrogens is 1. The van der Waals surface area contributed by atoms with Crippen molar-refractivity contribution in [3.05, 3.63) is 65.0 Å². The highest BCUT2D eigenvalue weighted by molar-refractivity contribution is 6.03. The third-order valence-corrected chi connectivity index (χ3v) is 4.49. The highest BCUT2D eigenvalue weighted by Crippen LogP contribution is 2.35. The Morgan fingerprint density at radius 2 is 1.83 bits per heavy atom. The van der Waals surface area contributed by atoms with E-state index in [1.54, 1.807) is 12.1 Å². The molecule has 1 atom stereocenters. The van der Waals surface area contributed by atoms with Gasteiger partial charge in [-0.15, -0.1) is 0 Å². The number of benzene rings is 1. The molecular weight excluding hydrogens is 304 g/mol. The van der Waals surface area contributed by atoms with Crippen LogP contribution in [0.1, 0.15) is 41.4 Å². The second-order valence-electron chi connectivity index (χ2n) is 6.02. The van der Waals surface area contributed by atoms with Gasteiger partial charge in [-0.1, -0.05) is 30.3 Å². The Bertz CT molecular complexity index is 871. The van der Waals surface area contributed by atoms with E-state index in [4.69, 9.17) is 0 Å². The summed E-state index contributed by atoms with van der Waals surface area (Å²) in [5.74, 6) is -0.445. The van der Waals surface area contributed by atoms with Gasteiger partial charge in [-0.3, -0.25) is 9.59 Å². The smallest absolute Gasteiger partial charge is 0.257 e. The average molecular weight is 320 g/mol. The molecule has 24 heavy (non-hydrogen) atoms. The summed E-state index contributed by atoms with van der Waals surface area (Å²) in [6, 6.07) is 12.9. The maximum absolute atomic E-state index is 12.5. The lowest BCUT2D eigenvalue weighted by molar-refractivity contribution is -0.117. The predicted octanol–water partition coefficient (Wildman–Crippen LogP) is 2.53. The van der Waals surface area contributed by atoms with Gasteiger partial charge in [-0.25, -0.2) is 4.98 Å². The molecule has 1 amide bonds. The van der Waals surface area contributed by atoms with E-state index in [1.807, 2.05) is 30.3 Å². The Balaban J connectivity index is 1.87. The van der Waals surface area contributed by atoms with Gasteiger partial charge in [0.2, 0.25) is 0 Å². The number of nitrogens with one attached hydrogen (secondary N) is 1. The van der Waals surface area contributed by atoms with Gasteiger partial charge in [0.05, 0.1) is 17.0 Å². The number of fused-ring (bicyclic) bond motifs is 1. The molecule has 1 aliphatic carbocycles. The van der Waals surface area contributed by atoms with Gasteiger partial charge in [0.1, 0.15) is 6.10 Å². The molecule has 1 unspecified atom stereocenters. The Kier molecular flexibility index (Phi) is 3.50. The van der Waals surface area contributed by atoms with E-state index in [-0.39, 0.29) is 23.0 Å². The Labute approximate surface area is 139 Å². The van der Waals surface area contributed by atoms with Crippen molar-refractivity contribution < 1.29 is 14.7 Å². The van der Waals surface area contributed by atoms with E-state index in [9.17, 15) is 14.7 Å². The van der Waals surface area contributed by atoms with Crippen LogP contribution in [0.5, 0.6) is 0 Å². The summed E-state index contributed by atoms with van der Waals surface area (Å²) in [6.07, 6.45) is 0.484. The van der Waals surface area contributed by atoms with Crippen LogP contribution >= 0.6 is 0 Å². The Morgan fingerprint density at radius 3 is 2.62 bits per heavy atom. The molecule has 2 aliphatic rings. The van der Waals surface area contributed by atoms with Crippen molar-refractivity contribution in [2.75, 3.05) is 0 Å². The van der Waals surface area contributed by atoms with Crippen LogP contribution in [0, 0.1) is 0 Å². The number of hydrogen-bond acceptors (Lipinski definition) is 4. The number of aliphatic hydroxyl groups is 1. The number of carbonyl (C=O) groups excluding carboxylic acids is 2. The standard InChI is InChI=1S/C19H16N2O3/c22-15-8-4-7-14-16(15)18(23)17-12(19(24)21-14)9-10-13(20-17)11-5-2-1-3-6-11/h1-3,5-6,9-10,18,23H,4,7-8H2,(H,21,24). The van der Waals surface area contributed by atoms with E-state index in [1.165, 1.54) is 0 Å². The monoisotopic (exact) mass is 320 g/mol. The van der Waals surface area contributed by atoms with Gasteiger partial charge < -0.3 is 10.4 Å². The van der Waals surface area contributed by atoms with Gasteiger partial charge in [0.15, 0.2) is 5.78 Å². The molecule has 4 rings (SSSR count). The highest BCUT2D eigenvalue weighted by Gasteiger charge is 2.34. The first-order valence-electron chi connectivity index (χ1n) is 7.97. The molecule has 120 valence electrons. The van der Waals surface area contributed by atoms with Crippen molar-refractivity contribution >= 4 is 11.7 Å². The number of carbonyl (C=O) groups is 2. The number of ketones is 1. The number of rotatable bonds is 1. The zero-order chi connectivity index (χ0) is 16.7. The van der Waals surface area contributed by atoms with E-state index in [0.29, 0.717) is 36.2 Å². The second-order valence-corrected chi connectivity index (χ2v) is 6.02. The van der Waals surface area contributed by atoms with Crippen molar-refractivity contribution in [1.29, 1.82) is 0 Å². The minimum atomic E-state index is -1.18. The maximum Gasteiger partial charge on any atom is 0.257 e. The highest BCUT2D eigenvalue weighted by atomic mass is 16.3. The van der Waals surface area contributed by atoms with Crippen LogP contribution in [0.25, 0.3) is 11.3 Å². The normalized spacial score (nSPS) is 20.1. The average Bonchev–Trinajstić information content (AvgIpc) is 2.71. The number of Topliss-reactive ketones (excluding diaryl/α,β-unsaturated/α-hetero) is 1. The summed E-state index contributed by atoms with van der Waals surface area (Å²) in [5, 5.41) is 13.5. The van der Waals surface area contributed by atoms with Crippen molar-refractivity contribution in [2.24, 2.45) is 0 Å². The summed E-state index contributed by atoms with van der Waals surface area (Å²) in [4.78, 5) is 29.2. The van der Waals surface area contributed by atoms with Crippen molar-refractivity contribution in [1.82, 2.24) is 10.3 Å². The lowest BCUT2D eigenvalue weighted by atomic mass is 9.90. The lowest BCUT2D eigenvalue weighted by Crippen LogP contribution is -2.26. The van der Waals surface area contributed by atoms with E-state index in [0.717, 1.165) is 5.56 Å². The molecule has 2 heterocycles. The molecule has 5 nitrogen and oxygen atoms in total. The molecule has 5 heteroatoms. The molecule has 0 radical (unpaired) electrons. The molecule has 0 saturated carbocycles. The van der Waals surface area contributed by atoms with Gasteiger partial charge >= 0.3 is 0 Å². The van der Waals surface area contributed by atoms with Gasteiger partial charge in [-0.05, 0) is 25.0 Å². The van der Waals surface area contributed by atoms with Crippen LogP contribution in [0.4, 0.5) is 0 Å². The summed E-state index contributed by atoms with van der Waals surface area (Å²) in [5.41, 5.74) is 2.92. The fourth-order valence-corrected chi connectivity index (χ4v) is 3.30.